The fourth-order valence-corrected chi connectivity index (χ4v) is 1.44. The van der Waals surface area contributed by atoms with Crippen LogP contribution in [0.25, 0.3) is 0 Å². The monoisotopic (exact) mass is 197 g/mol. The van der Waals surface area contributed by atoms with Crippen molar-refractivity contribution < 1.29 is 4.74 Å². The van der Waals surface area contributed by atoms with E-state index in [4.69, 9.17) is 16.3 Å². The number of rotatable bonds is 3. The van der Waals surface area contributed by atoms with E-state index in [1.165, 1.54) is 0 Å². The molecule has 0 aromatic carbocycles. The summed E-state index contributed by atoms with van der Waals surface area (Å²) < 4.78 is 5.60. The first-order valence-electron chi connectivity index (χ1n) is 4.60. The molecule has 1 aliphatic rings. The molecule has 1 aromatic heterocycles. The largest absolute Gasteiger partial charge is 0.487 e. The summed E-state index contributed by atoms with van der Waals surface area (Å²) in [4.78, 5) is 4.09. The van der Waals surface area contributed by atoms with Crippen molar-refractivity contribution in [3.8, 4) is 5.75 Å². The van der Waals surface area contributed by atoms with Gasteiger partial charge in [-0.1, -0.05) is 18.5 Å². The van der Waals surface area contributed by atoms with Crippen molar-refractivity contribution in [2.75, 3.05) is 0 Å². The number of hydrogen-bond donors (Lipinski definition) is 0. The topological polar surface area (TPSA) is 22.1 Å². The average molecular weight is 198 g/mol. The fraction of sp³-hybridized carbons (Fsp3) is 0.500. The van der Waals surface area contributed by atoms with E-state index in [-0.39, 0.29) is 0 Å². The maximum atomic E-state index is 6.12. The smallest absolute Gasteiger partial charge is 0.156 e. The quantitative estimate of drug-likeness (QED) is 0.744. The van der Waals surface area contributed by atoms with Gasteiger partial charge in [0.15, 0.2) is 5.75 Å². The third-order valence-corrected chi connectivity index (χ3v) is 2.55. The van der Waals surface area contributed by atoms with Crippen molar-refractivity contribution in [3.63, 3.8) is 0 Å². The van der Waals surface area contributed by atoms with Crippen molar-refractivity contribution in [2.24, 2.45) is 0 Å². The SMILES string of the molecule is CCc1cncc(OC2CC2)c1Cl. The van der Waals surface area contributed by atoms with Gasteiger partial charge >= 0.3 is 0 Å². The van der Waals surface area contributed by atoms with Gasteiger partial charge in [0.1, 0.15) is 0 Å². The Labute approximate surface area is 82.9 Å². The Morgan fingerprint density at radius 1 is 1.54 bits per heavy atom. The normalized spacial score (nSPS) is 15.8. The van der Waals surface area contributed by atoms with E-state index in [2.05, 4.69) is 11.9 Å². The van der Waals surface area contributed by atoms with E-state index in [9.17, 15) is 0 Å². The fourth-order valence-electron chi connectivity index (χ4n) is 1.16. The van der Waals surface area contributed by atoms with Gasteiger partial charge < -0.3 is 4.74 Å². The van der Waals surface area contributed by atoms with Gasteiger partial charge in [0.05, 0.1) is 17.3 Å². The highest BCUT2D eigenvalue weighted by atomic mass is 35.5. The van der Waals surface area contributed by atoms with E-state index in [0.29, 0.717) is 6.10 Å². The summed E-state index contributed by atoms with van der Waals surface area (Å²) >= 11 is 6.12. The van der Waals surface area contributed by atoms with Crippen molar-refractivity contribution in [1.29, 1.82) is 0 Å². The van der Waals surface area contributed by atoms with Gasteiger partial charge in [-0.25, -0.2) is 0 Å². The molecule has 2 rings (SSSR count). The lowest BCUT2D eigenvalue weighted by Crippen LogP contribution is -1.98. The summed E-state index contributed by atoms with van der Waals surface area (Å²) in [7, 11) is 0. The third kappa shape index (κ3) is 1.94. The van der Waals surface area contributed by atoms with Crippen molar-refractivity contribution >= 4 is 11.6 Å². The van der Waals surface area contributed by atoms with Gasteiger partial charge in [0.25, 0.3) is 0 Å². The third-order valence-electron chi connectivity index (χ3n) is 2.12. The molecule has 0 saturated heterocycles. The average Bonchev–Trinajstić information content (AvgIpc) is 2.92. The predicted molar refractivity (Wildman–Crippen MR) is 52.3 cm³/mol. The molecule has 1 fully saturated rings. The van der Waals surface area contributed by atoms with Gasteiger partial charge in [-0.05, 0) is 24.8 Å². The highest BCUT2D eigenvalue weighted by molar-refractivity contribution is 6.32. The molecule has 1 heterocycles. The predicted octanol–water partition coefficient (Wildman–Crippen LogP) is 2.84. The van der Waals surface area contributed by atoms with Gasteiger partial charge in [0.2, 0.25) is 0 Å². The summed E-state index contributed by atoms with van der Waals surface area (Å²) in [5.74, 6) is 0.739. The van der Waals surface area contributed by atoms with Crippen molar-refractivity contribution in [1.82, 2.24) is 4.98 Å². The maximum absolute atomic E-state index is 6.12. The number of halogens is 1. The lowest BCUT2D eigenvalue weighted by Gasteiger charge is -2.08. The lowest BCUT2D eigenvalue weighted by atomic mass is 10.2. The Morgan fingerprint density at radius 3 is 2.92 bits per heavy atom. The highest BCUT2D eigenvalue weighted by Crippen LogP contribution is 2.33. The summed E-state index contributed by atoms with van der Waals surface area (Å²) in [5, 5.41) is 0.726. The molecule has 1 aromatic rings. The molecule has 0 atom stereocenters. The number of hydrogen-bond acceptors (Lipinski definition) is 2. The molecule has 70 valence electrons. The van der Waals surface area contributed by atoms with Gasteiger partial charge in [0, 0.05) is 6.20 Å². The van der Waals surface area contributed by atoms with E-state index >= 15 is 0 Å². The molecule has 13 heavy (non-hydrogen) atoms. The van der Waals surface area contributed by atoms with Crippen LogP contribution in [0.2, 0.25) is 5.02 Å². The molecule has 2 nitrogen and oxygen atoms in total. The van der Waals surface area contributed by atoms with Crippen LogP contribution in [0.3, 0.4) is 0 Å². The maximum Gasteiger partial charge on any atom is 0.156 e. The first-order valence-corrected chi connectivity index (χ1v) is 4.98. The first kappa shape index (κ1) is 8.82. The summed E-state index contributed by atoms with van der Waals surface area (Å²) in [6.07, 6.45) is 7.06. The highest BCUT2D eigenvalue weighted by Gasteiger charge is 2.24. The number of nitrogens with zero attached hydrogens (tertiary/aromatic N) is 1. The van der Waals surface area contributed by atoms with Crippen LogP contribution in [0.15, 0.2) is 12.4 Å². The van der Waals surface area contributed by atoms with E-state index in [1.807, 2.05) is 0 Å². The zero-order chi connectivity index (χ0) is 9.26. The van der Waals surface area contributed by atoms with Crippen LogP contribution in [-0.4, -0.2) is 11.1 Å². The molecule has 0 N–H and O–H groups in total. The Hall–Kier alpha value is -0.760. The molecule has 0 amide bonds. The number of aryl methyl sites for hydroxylation is 1. The molecule has 0 unspecified atom stereocenters. The molecular formula is C10H12ClNO. The Kier molecular flexibility index (Phi) is 2.40. The second-order valence-corrected chi connectivity index (χ2v) is 3.66. The molecule has 0 radical (unpaired) electrons. The lowest BCUT2D eigenvalue weighted by molar-refractivity contribution is 0.302. The minimum absolute atomic E-state index is 0.381. The minimum atomic E-state index is 0.381. The number of ether oxygens (including phenoxy) is 1. The Bertz CT molecular complexity index is 310. The molecule has 0 spiro atoms. The van der Waals surface area contributed by atoms with Crippen molar-refractivity contribution in [3.05, 3.63) is 23.0 Å². The van der Waals surface area contributed by atoms with Crippen LogP contribution >= 0.6 is 11.6 Å². The molecule has 0 bridgehead atoms. The van der Waals surface area contributed by atoms with Crippen LogP contribution in [-0.2, 0) is 6.42 Å². The standard InChI is InChI=1S/C10H12ClNO/c1-2-7-5-12-6-9(10(7)11)13-8-3-4-8/h5-6,8H,2-4H2,1H3. The van der Waals surface area contributed by atoms with Gasteiger partial charge in [-0.15, -0.1) is 0 Å². The van der Waals surface area contributed by atoms with Crippen LogP contribution in [0.5, 0.6) is 5.75 Å². The molecule has 1 saturated carbocycles. The van der Waals surface area contributed by atoms with Crippen LogP contribution in [0, 0.1) is 0 Å². The Balaban J connectivity index is 2.22. The van der Waals surface area contributed by atoms with E-state index in [0.717, 1.165) is 35.6 Å². The van der Waals surface area contributed by atoms with E-state index in [1.54, 1.807) is 12.4 Å². The second-order valence-electron chi connectivity index (χ2n) is 3.28. The van der Waals surface area contributed by atoms with E-state index < -0.39 is 0 Å². The minimum Gasteiger partial charge on any atom is -0.487 e. The molecule has 0 aliphatic heterocycles. The second kappa shape index (κ2) is 3.54. The number of pyridine rings is 1. The van der Waals surface area contributed by atoms with Gasteiger partial charge in [-0.2, -0.15) is 0 Å². The zero-order valence-corrected chi connectivity index (χ0v) is 8.34. The Morgan fingerprint density at radius 2 is 2.31 bits per heavy atom. The van der Waals surface area contributed by atoms with Crippen LogP contribution < -0.4 is 4.74 Å². The first-order chi connectivity index (χ1) is 6.31. The number of aromatic nitrogens is 1. The summed E-state index contributed by atoms with van der Waals surface area (Å²) in [6, 6.07) is 0. The van der Waals surface area contributed by atoms with Gasteiger partial charge in [-0.3, -0.25) is 4.98 Å². The zero-order valence-electron chi connectivity index (χ0n) is 7.59. The molecule has 3 heteroatoms. The van der Waals surface area contributed by atoms with Crippen LogP contribution in [0.4, 0.5) is 0 Å². The molecular weight excluding hydrogens is 186 g/mol. The van der Waals surface area contributed by atoms with Crippen molar-refractivity contribution in [2.45, 2.75) is 32.3 Å². The summed E-state index contributed by atoms with van der Waals surface area (Å²) in [6.45, 7) is 2.06. The summed E-state index contributed by atoms with van der Waals surface area (Å²) in [5.41, 5.74) is 1.06. The molecule has 1 aliphatic carbocycles. The van der Waals surface area contributed by atoms with Crippen LogP contribution in [0.1, 0.15) is 25.3 Å².